The lowest BCUT2D eigenvalue weighted by Crippen LogP contribution is -2.51. The van der Waals surface area contributed by atoms with E-state index < -0.39 is 0 Å². The molecule has 0 radical (unpaired) electrons. The number of hydrogen-bond acceptors (Lipinski definition) is 7. The molecule has 8 nitrogen and oxygen atoms in total. The van der Waals surface area contributed by atoms with Crippen molar-refractivity contribution in [1.29, 1.82) is 0 Å². The standard InChI is InChI=1S/C15H26N2O.C14H28N2O.C12H25NO.CH4/c1-14(2,3)13(18)12(17-15(4,5)6)10-11-8-7-9-16-11;1-10(15)8-9-11(16-14(5,6)7)12(17)13(2,3)4;1-8-9(13-12(5,6)7)10(14)11(2,3)4;/h7-9,12,16-17H,10H2,1-6H3;11,16H,1,8-9,15H2,2-7H3;9,13H,8H2,1-7H3;1H4. The molecule has 0 saturated carbocycles. The van der Waals surface area contributed by atoms with Gasteiger partial charge >= 0.3 is 0 Å². The van der Waals surface area contributed by atoms with Gasteiger partial charge in [0.2, 0.25) is 0 Å². The molecule has 1 heterocycles. The van der Waals surface area contributed by atoms with Crippen LogP contribution in [0.2, 0.25) is 0 Å². The van der Waals surface area contributed by atoms with E-state index in [0.29, 0.717) is 30.7 Å². The van der Waals surface area contributed by atoms with Gasteiger partial charge in [0.15, 0.2) is 17.3 Å². The summed E-state index contributed by atoms with van der Waals surface area (Å²) in [7, 11) is 0. The first-order chi connectivity index (χ1) is 21.6. The Morgan fingerprint density at radius 1 is 0.660 bits per heavy atom. The second-order valence-electron chi connectivity index (χ2n) is 19.7. The molecule has 0 aliphatic heterocycles. The van der Waals surface area contributed by atoms with E-state index >= 15 is 0 Å². The van der Waals surface area contributed by atoms with Crippen molar-refractivity contribution in [3.8, 4) is 0 Å². The second kappa shape index (κ2) is 20.7. The molecule has 50 heavy (non-hydrogen) atoms. The summed E-state index contributed by atoms with van der Waals surface area (Å²) in [5.74, 6) is 0.788. The molecule has 294 valence electrons. The minimum Gasteiger partial charge on any atom is -0.403 e. The lowest BCUT2D eigenvalue weighted by molar-refractivity contribution is -0.129. The Morgan fingerprint density at radius 2 is 1.00 bits per heavy atom. The smallest absolute Gasteiger partial charge is 0.155 e. The van der Waals surface area contributed by atoms with Crippen LogP contribution in [-0.2, 0) is 20.8 Å². The molecule has 0 fully saturated rings. The first-order valence-electron chi connectivity index (χ1n) is 18.1. The first kappa shape index (κ1) is 52.1. The van der Waals surface area contributed by atoms with E-state index in [0.717, 1.165) is 12.1 Å². The molecule has 1 aromatic heterocycles. The Hall–Kier alpha value is -2.29. The van der Waals surface area contributed by atoms with Crippen LogP contribution in [-0.4, -0.2) is 57.1 Å². The maximum atomic E-state index is 12.5. The molecule has 0 bridgehead atoms. The Morgan fingerprint density at radius 3 is 1.30 bits per heavy atom. The largest absolute Gasteiger partial charge is 0.403 e. The van der Waals surface area contributed by atoms with Crippen LogP contribution in [0.3, 0.4) is 0 Å². The van der Waals surface area contributed by atoms with E-state index in [1.165, 1.54) is 0 Å². The molecule has 1 aromatic rings. The molecular weight excluding hydrogens is 622 g/mol. The van der Waals surface area contributed by atoms with E-state index in [-0.39, 0.29) is 70.0 Å². The number of carbonyl (C=O) groups is 3. The maximum absolute atomic E-state index is 12.5. The van der Waals surface area contributed by atoms with Gasteiger partial charge in [0.1, 0.15) is 0 Å². The van der Waals surface area contributed by atoms with Crippen molar-refractivity contribution in [1.82, 2.24) is 20.9 Å². The van der Waals surface area contributed by atoms with Crippen molar-refractivity contribution in [3.05, 3.63) is 36.3 Å². The number of carbonyl (C=O) groups excluding carboxylic acids is 3. The topological polar surface area (TPSA) is 129 Å². The Kier molecular flexibility index (Phi) is 21.5. The fourth-order valence-electron chi connectivity index (χ4n) is 5.01. The number of rotatable bonds is 12. The molecule has 0 amide bonds. The van der Waals surface area contributed by atoms with Gasteiger partial charge in [0.25, 0.3) is 0 Å². The summed E-state index contributed by atoms with van der Waals surface area (Å²) >= 11 is 0. The molecule has 0 spiro atoms. The summed E-state index contributed by atoms with van der Waals surface area (Å²) in [6.07, 6.45) is 4.84. The van der Waals surface area contributed by atoms with Crippen molar-refractivity contribution >= 4 is 17.3 Å². The normalized spacial score (nSPS) is 14.5. The summed E-state index contributed by atoms with van der Waals surface area (Å²) in [5, 5.41) is 10.2. The predicted molar refractivity (Wildman–Crippen MR) is 217 cm³/mol. The van der Waals surface area contributed by atoms with Crippen LogP contribution < -0.4 is 21.7 Å². The molecule has 0 saturated heterocycles. The van der Waals surface area contributed by atoms with E-state index in [4.69, 9.17) is 5.73 Å². The summed E-state index contributed by atoms with van der Waals surface area (Å²) in [6, 6.07) is 3.66. The van der Waals surface area contributed by atoms with Gasteiger partial charge < -0.3 is 26.7 Å². The van der Waals surface area contributed by atoms with Gasteiger partial charge in [0, 0.05) is 56.9 Å². The van der Waals surface area contributed by atoms with Gasteiger partial charge in [-0.25, -0.2) is 0 Å². The third kappa shape index (κ3) is 24.8. The molecule has 1 rings (SSSR count). The number of nitrogens with one attached hydrogen (secondary N) is 4. The molecule has 8 heteroatoms. The summed E-state index contributed by atoms with van der Waals surface area (Å²) in [5.41, 5.74) is 6.24. The molecule has 6 N–H and O–H groups in total. The van der Waals surface area contributed by atoms with Crippen molar-refractivity contribution < 1.29 is 14.4 Å². The van der Waals surface area contributed by atoms with Crippen LogP contribution in [0.1, 0.15) is 164 Å². The van der Waals surface area contributed by atoms with Gasteiger partial charge in [-0.2, -0.15) is 0 Å². The third-order valence-electron chi connectivity index (χ3n) is 7.24. The number of H-pyrrole nitrogens is 1. The van der Waals surface area contributed by atoms with Crippen LogP contribution in [0.4, 0.5) is 0 Å². The van der Waals surface area contributed by atoms with E-state index in [2.05, 4.69) is 89.8 Å². The third-order valence-corrected chi connectivity index (χ3v) is 7.24. The highest BCUT2D eigenvalue weighted by Crippen LogP contribution is 2.22. The first-order valence-corrected chi connectivity index (χ1v) is 18.1. The molecule has 3 unspecified atom stereocenters. The lowest BCUT2D eigenvalue weighted by Gasteiger charge is -2.31. The average Bonchev–Trinajstić information content (AvgIpc) is 3.38. The summed E-state index contributed by atoms with van der Waals surface area (Å²) in [4.78, 5) is 40.0. The number of ketones is 3. The van der Waals surface area contributed by atoms with Crippen LogP contribution in [0.5, 0.6) is 0 Å². The summed E-state index contributed by atoms with van der Waals surface area (Å²) in [6.45, 7) is 42.1. The number of aromatic nitrogens is 1. The number of Topliss-reactive ketones (excluding diaryl/α,β-unsaturated/α-hetero) is 3. The Bertz CT molecular complexity index is 1140. The fourth-order valence-corrected chi connectivity index (χ4v) is 5.01. The number of hydrogen-bond donors (Lipinski definition) is 5. The molecule has 3 atom stereocenters. The highest BCUT2D eigenvalue weighted by Gasteiger charge is 2.33. The Balaban J connectivity index is -0.000000662. The van der Waals surface area contributed by atoms with Crippen molar-refractivity contribution in [3.63, 3.8) is 0 Å². The number of allylic oxidation sites excluding steroid dienone is 1. The minimum atomic E-state index is -0.334. The summed E-state index contributed by atoms with van der Waals surface area (Å²) < 4.78 is 0. The zero-order valence-electron chi connectivity index (χ0n) is 35.3. The van der Waals surface area contributed by atoms with Crippen LogP contribution in [0.15, 0.2) is 30.6 Å². The lowest BCUT2D eigenvalue weighted by atomic mass is 9.84. The van der Waals surface area contributed by atoms with Crippen molar-refractivity contribution in [2.45, 2.75) is 199 Å². The second-order valence-corrected chi connectivity index (χ2v) is 19.7. The quantitative estimate of drug-likeness (QED) is 0.147. The molecular formula is C42H83N5O3. The highest BCUT2D eigenvalue weighted by atomic mass is 16.1. The van der Waals surface area contributed by atoms with Gasteiger partial charge in [-0.15, -0.1) is 0 Å². The van der Waals surface area contributed by atoms with Gasteiger partial charge in [0.05, 0.1) is 18.1 Å². The van der Waals surface area contributed by atoms with Crippen LogP contribution in [0, 0.1) is 16.2 Å². The van der Waals surface area contributed by atoms with Gasteiger partial charge in [-0.3, -0.25) is 14.4 Å². The average molecular weight is 706 g/mol. The minimum absolute atomic E-state index is 0. The van der Waals surface area contributed by atoms with E-state index in [1.807, 2.05) is 87.6 Å². The van der Waals surface area contributed by atoms with Crippen LogP contribution in [0.25, 0.3) is 0 Å². The predicted octanol–water partition coefficient (Wildman–Crippen LogP) is 8.94. The molecule has 0 aliphatic rings. The number of nitrogens with two attached hydrogens (primary N) is 1. The molecule has 0 aromatic carbocycles. The van der Waals surface area contributed by atoms with Gasteiger partial charge in [-0.05, 0) is 93.7 Å². The monoisotopic (exact) mass is 706 g/mol. The molecule has 0 aliphatic carbocycles. The van der Waals surface area contributed by atoms with Crippen molar-refractivity contribution in [2.75, 3.05) is 0 Å². The van der Waals surface area contributed by atoms with E-state index in [9.17, 15) is 14.4 Å². The van der Waals surface area contributed by atoms with Crippen molar-refractivity contribution in [2.24, 2.45) is 22.0 Å². The van der Waals surface area contributed by atoms with E-state index in [1.54, 1.807) is 0 Å². The zero-order valence-corrected chi connectivity index (χ0v) is 35.3. The zero-order chi connectivity index (χ0) is 39.4. The van der Waals surface area contributed by atoms with Crippen LogP contribution >= 0.6 is 0 Å². The Labute approximate surface area is 309 Å². The fraction of sp³-hybridized carbons (Fsp3) is 0.786. The SMILES string of the molecule is C.C=C(N)CCC(NC(C)(C)C)C(=O)C(C)(C)C.CC(C)(C)NC(Cc1ccc[nH]1)C(=O)C(C)(C)C.CCC(NC(C)(C)C)C(=O)C(C)(C)C. The highest BCUT2D eigenvalue weighted by molar-refractivity contribution is 5.89. The van der Waals surface area contributed by atoms with Gasteiger partial charge in [-0.1, -0.05) is 83.2 Å². The maximum Gasteiger partial charge on any atom is 0.155 e. The number of aromatic amines is 1.